The molecule has 0 radical (unpaired) electrons. The normalized spacial score (nSPS) is 21.6. The summed E-state index contributed by atoms with van der Waals surface area (Å²) in [5.74, 6) is 0.727. The van der Waals surface area contributed by atoms with Crippen LogP contribution >= 0.6 is 0 Å². The Morgan fingerprint density at radius 2 is 2.07 bits per heavy atom. The molecule has 8 heteroatoms. The Morgan fingerprint density at radius 1 is 1.23 bits per heavy atom. The zero-order valence-corrected chi connectivity index (χ0v) is 17.6. The Morgan fingerprint density at radius 3 is 2.83 bits per heavy atom. The number of pyridine rings is 1. The van der Waals surface area contributed by atoms with E-state index in [4.69, 9.17) is 4.74 Å². The second-order valence-electron chi connectivity index (χ2n) is 7.91. The largest absolute Gasteiger partial charge is 0.480 e. The molecule has 1 unspecified atom stereocenters. The smallest absolute Gasteiger partial charge is 0.249 e. The molecule has 0 aliphatic heterocycles. The van der Waals surface area contributed by atoms with Crippen molar-refractivity contribution >= 4 is 26.5 Å². The molecule has 0 bridgehead atoms. The van der Waals surface area contributed by atoms with Gasteiger partial charge in [0, 0.05) is 29.9 Å². The van der Waals surface area contributed by atoms with Crippen LogP contribution in [-0.4, -0.2) is 39.2 Å². The zero-order chi connectivity index (χ0) is 20.9. The Hall–Kier alpha value is -3.00. The predicted molar refractivity (Wildman–Crippen MR) is 115 cm³/mol. The summed E-state index contributed by atoms with van der Waals surface area (Å²) in [6, 6.07) is 3.49. The van der Waals surface area contributed by atoms with Gasteiger partial charge in [-0.3, -0.25) is 4.98 Å². The maximum atomic E-state index is 14.1. The summed E-state index contributed by atoms with van der Waals surface area (Å²) < 4.78 is 33.8. The molecule has 154 valence electrons. The molecular formula is C22H22N4O3S. The molecule has 7 nitrogen and oxygen atoms in total. The van der Waals surface area contributed by atoms with Gasteiger partial charge in [-0.2, -0.15) is 0 Å². The van der Waals surface area contributed by atoms with Crippen LogP contribution < -0.4 is 4.74 Å². The van der Waals surface area contributed by atoms with Gasteiger partial charge in [0.25, 0.3) is 0 Å². The van der Waals surface area contributed by atoms with E-state index in [1.807, 2.05) is 18.2 Å². The number of hydrogen-bond donors (Lipinski definition) is 0. The molecule has 1 atom stereocenters. The number of fused-ring (bicyclic) bond motifs is 1. The lowest BCUT2D eigenvalue weighted by atomic mass is 9.86. The zero-order valence-electron chi connectivity index (χ0n) is 16.8. The average molecular weight is 423 g/mol. The number of ether oxygens (including phenoxy) is 1. The van der Waals surface area contributed by atoms with Gasteiger partial charge in [0.2, 0.25) is 15.9 Å². The van der Waals surface area contributed by atoms with Gasteiger partial charge in [-0.1, -0.05) is 18.2 Å². The van der Waals surface area contributed by atoms with Gasteiger partial charge < -0.3 is 4.74 Å². The van der Waals surface area contributed by atoms with Crippen molar-refractivity contribution < 1.29 is 13.2 Å². The van der Waals surface area contributed by atoms with Crippen molar-refractivity contribution in [1.29, 1.82) is 0 Å². The molecular weight excluding hydrogens is 400 g/mol. The summed E-state index contributed by atoms with van der Waals surface area (Å²) in [5, 5.41) is 0.779. The molecule has 0 saturated heterocycles. The summed E-state index contributed by atoms with van der Waals surface area (Å²) in [6.45, 7) is 1.77. The summed E-state index contributed by atoms with van der Waals surface area (Å²) in [7, 11) is -2.28. The number of nitrogens with zero attached hydrogens (tertiary/aromatic N) is 4. The molecule has 2 aliphatic rings. The van der Waals surface area contributed by atoms with Gasteiger partial charge in [0.15, 0.2) is 0 Å². The molecule has 2 aliphatic carbocycles. The van der Waals surface area contributed by atoms with Crippen LogP contribution in [0, 0.1) is 0 Å². The molecule has 0 amide bonds. The lowest BCUT2D eigenvalue weighted by Crippen LogP contribution is -2.41. The lowest BCUT2D eigenvalue weighted by molar-refractivity contribution is 0.393. The van der Waals surface area contributed by atoms with E-state index in [1.165, 1.54) is 10.3 Å². The van der Waals surface area contributed by atoms with E-state index in [0.717, 1.165) is 23.9 Å². The third-order valence-electron chi connectivity index (χ3n) is 6.03. The maximum Gasteiger partial charge on any atom is 0.249 e. The molecule has 0 spiro atoms. The Labute approximate surface area is 175 Å². The van der Waals surface area contributed by atoms with Crippen LogP contribution in [0.3, 0.4) is 0 Å². The summed E-state index contributed by atoms with van der Waals surface area (Å²) in [6.07, 6.45) is 14.4. The Bertz CT molecular complexity index is 1300. The summed E-state index contributed by atoms with van der Waals surface area (Å²) in [4.78, 5) is 12.9. The van der Waals surface area contributed by atoms with E-state index < -0.39 is 14.8 Å². The van der Waals surface area contributed by atoms with E-state index >= 15 is 0 Å². The van der Waals surface area contributed by atoms with Crippen LogP contribution in [0.5, 0.6) is 5.88 Å². The molecule has 3 aromatic heterocycles. The predicted octanol–water partition coefficient (Wildman–Crippen LogP) is 3.69. The van der Waals surface area contributed by atoms with Crippen LogP contribution in [0.2, 0.25) is 0 Å². The molecule has 3 heterocycles. The number of methoxy groups -OCH3 is 1. The lowest BCUT2D eigenvalue weighted by Gasteiger charge is -2.34. The Balaban J connectivity index is 1.73. The monoisotopic (exact) mass is 422 g/mol. The van der Waals surface area contributed by atoms with Gasteiger partial charge >= 0.3 is 0 Å². The average Bonchev–Trinajstić information content (AvgIpc) is 3.51. The first-order chi connectivity index (χ1) is 14.5. The molecule has 30 heavy (non-hydrogen) atoms. The molecule has 1 saturated carbocycles. The molecule has 0 N–H and O–H groups in total. The second kappa shape index (κ2) is 6.77. The van der Waals surface area contributed by atoms with Gasteiger partial charge in [-0.05, 0) is 43.9 Å². The highest BCUT2D eigenvalue weighted by Gasteiger charge is 2.47. The van der Waals surface area contributed by atoms with E-state index in [9.17, 15) is 8.42 Å². The van der Waals surface area contributed by atoms with Crippen LogP contribution in [0.4, 0.5) is 0 Å². The third-order valence-corrected chi connectivity index (χ3v) is 8.39. The van der Waals surface area contributed by atoms with Crippen LogP contribution in [0.1, 0.15) is 43.4 Å². The molecule has 5 rings (SSSR count). The molecule has 3 aromatic rings. The number of hydrogen-bond acceptors (Lipinski definition) is 6. The van der Waals surface area contributed by atoms with E-state index in [1.54, 1.807) is 44.8 Å². The van der Waals surface area contributed by atoms with Gasteiger partial charge in [0.1, 0.15) is 11.1 Å². The Kier molecular flexibility index (Phi) is 4.28. The van der Waals surface area contributed by atoms with E-state index in [-0.39, 0.29) is 0 Å². The topological polar surface area (TPSA) is 87.0 Å². The van der Waals surface area contributed by atoms with Crippen LogP contribution in [0.25, 0.3) is 16.5 Å². The minimum Gasteiger partial charge on any atom is -0.480 e. The maximum absolute atomic E-state index is 14.1. The van der Waals surface area contributed by atoms with Crippen molar-refractivity contribution in [2.24, 2.45) is 0 Å². The first kappa shape index (κ1) is 19.0. The van der Waals surface area contributed by atoms with Crippen molar-refractivity contribution in [2.75, 3.05) is 7.11 Å². The van der Waals surface area contributed by atoms with Gasteiger partial charge in [0.05, 0.1) is 23.9 Å². The fraction of sp³-hybridized carbons (Fsp3) is 0.318. The van der Waals surface area contributed by atoms with Crippen molar-refractivity contribution in [2.45, 2.75) is 36.9 Å². The van der Waals surface area contributed by atoms with Crippen LogP contribution in [0.15, 0.2) is 55.3 Å². The molecule has 1 fully saturated rings. The third kappa shape index (κ3) is 2.70. The highest BCUT2D eigenvalue weighted by Crippen LogP contribution is 2.49. The standard InChI is InChI=1S/C22H22N4O3S/c1-22(30(27,28)26-12-9-16-13-23-11-8-18(16)26)10-4-3-5-17(22)19-20(15-6-7-15)24-14-25-21(19)29-2/h3-5,8-9,11-15H,6-7,10H2,1-2H3. The SMILES string of the molecule is COc1ncnc(C2CC2)c1C1=CC=CCC1(C)S(=O)(=O)n1ccc2cnccc21. The van der Waals surface area contributed by atoms with Gasteiger partial charge in [-0.15, -0.1) is 0 Å². The van der Waals surface area contributed by atoms with Crippen molar-refractivity contribution in [3.05, 3.63) is 66.5 Å². The highest BCUT2D eigenvalue weighted by atomic mass is 32.2. The van der Waals surface area contributed by atoms with Crippen LogP contribution in [-0.2, 0) is 10.0 Å². The minimum absolute atomic E-state index is 0.314. The summed E-state index contributed by atoms with van der Waals surface area (Å²) >= 11 is 0. The van der Waals surface area contributed by atoms with E-state index in [2.05, 4.69) is 15.0 Å². The minimum atomic E-state index is -3.83. The number of rotatable bonds is 5. The van der Waals surface area contributed by atoms with Crippen molar-refractivity contribution in [1.82, 2.24) is 18.9 Å². The number of allylic oxidation sites excluding steroid dienone is 3. The van der Waals surface area contributed by atoms with Crippen molar-refractivity contribution in [3.8, 4) is 5.88 Å². The number of aromatic nitrogens is 4. The molecule has 0 aromatic carbocycles. The van der Waals surface area contributed by atoms with Gasteiger partial charge in [-0.25, -0.2) is 22.4 Å². The van der Waals surface area contributed by atoms with Crippen molar-refractivity contribution in [3.63, 3.8) is 0 Å². The summed E-state index contributed by atoms with van der Waals surface area (Å²) in [5.41, 5.74) is 2.85. The quantitative estimate of drug-likeness (QED) is 0.623. The highest BCUT2D eigenvalue weighted by molar-refractivity contribution is 7.92. The van der Waals surface area contributed by atoms with E-state index in [0.29, 0.717) is 34.9 Å². The fourth-order valence-electron chi connectivity index (χ4n) is 4.18. The fourth-order valence-corrected chi connectivity index (χ4v) is 6.01. The first-order valence-electron chi connectivity index (χ1n) is 9.90. The first-order valence-corrected chi connectivity index (χ1v) is 11.3. The second-order valence-corrected chi connectivity index (χ2v) is 10.2.